The Morgan fingerprint density at radius 3 is 2.77 bits per heavy atom. The van der Waals surface area contributed by atoms with Crippen LogP contribution in [-0.4, -0.2) is 27.2 Å². The molecule has 1 amide bonds. The van der Waals surface area contributed by atoms with Gasteiger partial charge in [0.25, 0.3) is 5.89 Å². The summed E-state index contributed by atoms with van der Waals surface area (Å²) in [6.07, 6.45) is 2.78. The number of nitrogens with zero attached hydrogens (tertiary/aromatic N) is 3. The van der Waals surface area contributed by atoms with E-state index >= 15 is 0 Å². The van der Waals surface area contributed by atoms with Crippen LogP contribution in [0.3, 0.4) is 0 Å². The first kappa shape index (κ1) is 18.2. The van der Waals surface area contributed by atoms with Crippen molar-refractivity contribution in [2.45, 2.75) is 26.8 Å². The first-order chi connectivity index (χ1) is 12.5. The average molecular weight is 373 g/mol. The number of aromatic nitrogens is 3. The zero-order valence-corrected chi connectivity index (χ0v) is 15.5. The molecule has 3 aromatic rings. The number of carbonyl (C=O) groups excluding carboxylic acids is 1. The van der Waals surface area contributed by atoms with Crippen molar-refractivity contribution in [2.75, 3.05) is 6.54 Å². The van der Waals surface area contributed by atoms with Crippen molar-refractivity contribution in [1.29, 1.82) is 0 Å². The van der Waals surface area contributed by atoms with Crippen LogP contribution in [0.5, 0.6) is 0 Å². The molecule has 7 heteroatoms. The van der Waals surface area contributed by atoms with Crippen LogP contribution in [-0.2, 0) is 11.3 Å². The predicted molar refractivity (Wildman–Crippen MR) is 101 cm³/mol. The van der Waals surface area contributed by atoms with Gasteiger partial charge in [0.2, 0.25) is 11.7 Å². The molecule has 0 saturated heterocycles. The molecule has 0 saturated carbocycles. The van der Waals surface area contributed by atoms with Gasteiger partial charge in [0.1, 0.15) is 12.2 Å². The van der Waals surface area contributed by atoms with Crippen LogP contribution >= 0.6 is 11.6 Å². The maximum absolute atomic E-state index is 12.1. The molecule has 136 valence electrons. The van der Waals surface area contributed by atoms with Gasteiger partial charge in [-0.05, 0) is 48.7 Å². The second-order valence-corrected chi connectivity index (χ2v) is 6.92. The minimum absolute atomic E-state index is 0.0412. The number of nitrogens with one attached hydrogen (secondary N) is 1. The predicted octanol–water partition coefficient (Wildman–Crippen LogP) is 4.02. The molecule has 1 aromatic carbocycles. The monoisotopic (exact) mass is 372 g/mol. The lowest BCUT2D eigenvalue weighted by molar-refractivity contribution is -0.121. The first-order valence-electron chi connectivity index (χ1n) is 8.55. The summed E-state index contributed by atoms with van der Waals surface area (Å²) in [5.41, 5.74) is 1.52. The molecule has 0 unspecified atom stereocenters. The van der Waals surface area contributed by atoms with E-state index in [2.05, 4.69) is 29.3 Å². The molecule has 0 fully saturated rings. The van der Waals surface area contributed by atoms with Crippen molar-refractivity contribution in [1.82, 2.24) is 20.0 Å². The number of halogens is 1. The maximum atomic E-state index is 12.1. The number of amides is 1. The normalized spacial score (nSPS) is 11.1. The third-order valence-electron chi connectivity index (χ3n) is 3.93. The van der Waals surface area contributed by atoms with Crippen molar-refractivity contribution in [3.8, 4) is 23.0 Å². The van der Waals surface area contributed by atoms with Gasteiger partial charge in [0.05, 0.1) is 0 Å². The minimum Gasteiger partial charge on any atom is -0.355 e. The van der Waals surface area contributed by atoms with Gasteiger partial charge < -0.3 is 14.4 Å². The van der Waals surface area contributed by atoms with Gasteiger partial charge in [-0.25, -0.2) is 0 Å². The lowest BCUT2D eigenvalue weighted by Gasteiger charge is -2.09. The zero-order chi connectivity index (χ0) is 18.5. The SMILES string of the molecule is CC(C)CCNC(=O)Cn1cccc1-c1nc(-c2ccc(Cl)cc2)no1. The van der Waals surface area contributed by atoms with Crippen LogP contribution in [0.15, 0.2) is 47.1 Å². The number of carbonyl (C=O) groups is 1. The summed E-state index contributed by atoms with van der Waals surface area (Å²) in [6, 6.07) is 10.9. The average Bonchev–Trinajstić information content (AvgIpc) is 3.24. The van der Waals surface area contributed by atoms with E-state index in [1.165, 1.54) is 0 Å². The zero-order valence-electron chi connectivity index (χ0n) is 14.8. The fourth-order valence-corrected chi connectivity index (χ4v) is 2.63. The topological polar surface area (TPSA) is 73.0 Å². The molecule has 2 aromatic heterocycles. The maximum Gasteiger partial charge on any atom is 0.274 e. The quantitative estimate of drug-likeness (QED) is 0.679. The van der Waals surface area contributed by atoms with Gasteiger partial charge in [-0.2, -0.15) is 4.98 Å². The highest BCUT2D eigenvalue weighted by molar-refractivity contribution is 6.30. The summed E-state index contributed by atoms with van der Waals surface area (Å²) in [5, 5.41) is 7.59. The van der Waals surface area contributed by atoms with E-state index in [0.29, 0.717) is 34.9 Å². The number of benzene rings is 1. The Hall–Kier alpha value is -2.60. The minimum atomic E-state index is -0.0412. The van der Waals surface area contributed by atoms with Gasteiger partial charge in [-0.15, -0.1) is 0 Å². The lowest BCUT2D eigenvalue weighted by atomic mass is 10.1. The Morgan fingerprint density at radius 1 is 1.27 bits per heavy atom. The fourth-order valence-electron chi connectivity index (χ4n) is 2.50. The third kappa shape index (κ3) is 4.52. The van der Waals surface area contributed by atoms with Crippen molar-refractivity contribution < 1.29 is 9.32 Å². The molecule has 0 aliphatic rings. The molecule has 6 nitrogen and oxygen atoms in total. The van der Waals surface area contributed by atoms with Crippen LogP contribution in [0.1, 0.15) is 20.3 Å². The van der Waals surface area contributed by atoms with Gasteiger partial charge in [-0.1, -0.05) is 30.6 Å². The highest BCUT2D eigenvalue weighted by Crippen LogP contribution is 2.23. The molecule has 3 rings (SSSR count). The molecule has 2 heterocycles. The lowest BCUT2D eigenvalue weighted by Crippen LogP contribution is -2.29. The third-order valence-corrected chi connectivity index (χ3v) is 4.19. The summed E-state index contributed by atoms with van der Waals surface area (Å²) in [5.74, 6) is 1.36. The molecule has 1 N–H and O–H groups in total. The summed E-state index contributed by atoms with van der Waals surface area (Å²) in [7, 11) is 0. The van der Waals surface area contributed by atoms with Gasteiger partial charge in [0.15, 0.2) is 0 Å². The molecule has 0 radical (unpaired) electrons. The summed E-state index contributed by atoms with van der Waals surface area (Å²) in [6.45, 7) is 5.14. The Kier molecular flexibility index (Phi) is 5.73. The first-order valence-corrected chi connectivity index (χ1v) is 8.92. The van der Waals surface area contributed by atoms with E-state index in [0.717, 1.165) is 12.0 Å². The Morgan fingerprint density at radius 2 is 2.04 bits per heavy atom. The van der Waals surface area contributed by atoms with E-state index < -0.39 is 0 Å². The molecule has 0 aliphatic heterocycles. The Bertz CT molecular complexity index is 868. The van der Waals surface area contributed by atoms with Gasteiger partial charge in [-0.3, -0.25) is 4.79 Å². The van der Waals surface area contributed by atoms with Crippen LogP contribution in [0.25, 0.3) is 23.0 Å². The van der Waals surface area contributed by atoms with Crippen LogP contribution in [0, 0.1) is 5.92 Å². The second kappa shape index (κ2) is 8.19. The Labute approximate surface area is 157 Å². The highest BCUT2D eigenvalue weighted by atomic mass is 35.5. The van der Waals surface area contributed by atoms with Crippen molar-refractivity contribution >= 4 is 17.5 Å². The van der Waals surface area contributed by atoms with Crippen molar-refractivity contribution in [3.63, 3.8) is 0 Å². The van der Waals surface area contributed by atoms with E-state index in [4.69, 9.17) is 16.1 Å². The van der Waals surface area contributed by atoms with Crippen LogP contribution < -0.4 is 5.32 Å². The highest BCUT2D eigenvalue weighted by Gasteiger charge is 2.15. The number of hydrogen-bond donors (Lipinski definition) is 1. The molecular formula is C19H21ClN4O2. The summed E-state index contributed by atoms with van der Waals surface area (Å²) < 4.78 is 7.18. The largest absolute Gasteiger partial charge is 0.355 e. The number of hydrogen-bond acceptors (Lipinski definition) is 4. The number of rotatable bonds is 7. The molecule has 0 bridgehead atoms. The van der Waals surface area contributed by atoms with Crippen molar-refractivity contribution in [2.24, 2.45) is 5.92 Å². The second-order valence-electron chi connectivity index (χ2n) is 6.48. The fraction of sp³-hybridized carbons (Fsp3) is 0.316. The van der Waals surface area contributed by atoms with Gasteiger partial charge in [0, 0.05) is 23.3 Å². The van der Waals surface area contributed by atoms with E-state index in [9.17, 15) is 4.79 Å². The van der Waals surface area contributed by atoms with E-state index in [-0.39, 0.29) is 12.5 Å². The van der Waals surface area contributed by atoms with Gasteiger partial charge >= 0.3 is 0 Å². The summed E-state index contributed by atoms with van der Waals surface area (Å²) >= 11 is 5.90. The molecule has 0 spiro atoms. The molecule has 0 atom stereocenters. The molecule has 26 heavy (non-hydrogen) atoms. The van der Waals surface area contributed by atoms with Crippen LogP contribution in [0.2, 0.25) is 5.02 Å². The van der Waals surface area contributed by atoms with E-state index in [1.54, 1.807) is 16.7 Å². The van der Waals surface area contributed by atoms with Crippen molar-refractivity contribution in [3.05, 3.63) is 47.6 Å². The molecular weight excluding hydrogens is 352 g/mol. The van der Waals surface area contributed by atoms with E-state index in [1.807, 2.05) is 30.5 Å². The standard InChI is InChI=1S/C19H21ClN4O2/c1-13(2)9-10-21-17(25)12-24-11-3-4-16(24)19-22-18(23-26-19)14-5-7-15(20)8-6-14/h3-8,11,13H,9-10,12H2,1-2H3,(H,21,25). The summed E-state index contributed by atoms with van der Waals surface area (Å²) in [4.78, 5) is 16.6. The molecule has 0 aliphatic carbocycles. The van der Waals surface area contributed by atoms with Crippen LogP contribution in [0.4, 0.5) is 0 Å². The Balaban J connectivity index is 1.70. The smallest absolute Gasteiger partial charge is 0.274 e.